The number of hydrogen-bond donors (Lipinski definition) is 2. The van der Waals surface area contributed by atoms with Crippen molar-refractivity contribution in [3.8, 4) is 0 Å². The van der Waals surface area contributed by atoms with Gasteiger partial charge in [0.05, 0.1) is 6.04 Å². The number of hydrazine groups is 1. The molecule has 0 spiro atoms. The molecule has 1 aromatic rings. The summed E-state index contributed by atoms with van der Waals surface area (Å²) in [4.78, 5) is 24.7. The summed E-state index contributed by atoms with van der Waals surface area (Å²) in [5, 5.41) is 7.69. The van der Waals surface area contributed by atoms with Crippen LogP contribution >= 0.6 is 0 Å². The fourth-order valence-corrected chi connectivity index (χ4v) is 2.36. The summed E-state index contributed by atoms with van der Waals surface area (Å²) < 4.78 is 41.6. The Morgan fingerprint density at radius 2 is 2.04 bits per heavy atom. The number of urea groups is 1. The van der Waals surface area contributed by atoms with Crippen LogP contribution in [-0.2, 0) is 11.0 Å². The molecule has 1 aromatic heterocycles. The molecule has 25 heavy (non-hydrogen) atoms. The molecule has 0 saturated carbocycles. The Labute approximate surface area is 142 Å². The fourth-order valence-electron chi connectivity index (χ4n) is 2.36. The van der Waals surface area contributed by atoms with Gasteiger partial charge in [-0.05, 0) is 12.3 Å². The number of nitrogens with two attached hydrogens (primary N) is 1. The molecule has 0 aromatic carbocycles. The van der Waals surface area contributed by atoms with Gasteiger partial charge in [-0.25, -0.2) is 14.8 Å². The molecule has 1 aliphatic heterocycles. The van der Waals surface area contributed by atoms with Gasteiger partial charge in [-0.2, -0.15) is 13.2 Å². The first-order valence-corrected chi connectivity index (χ1v) is 7.84. The Morgan fingerprint density at radius 3 is 2.60 bits per heavy atom. The van der Waals surface area contributed by atoms with Gasteiger partial charge in [0.1, 0.15) is 0 Å². The first kappa shape index (κ1) is 19.0. The zero-order valence-corrected chi connectivity index (χ0v) is 13.8. The zero-order chi connectivity index (χ0) is 18.8. The lowest BCUT2D eigenvalue weighted by Crippen LogP contribution is -2.53. The van der Waals surface area contributed by atoms with Gasteiger partial charge in [-0.3, -0.25) is 10.1 Å². The van der Waals surface area contributed by atoms with Crippen LogP contribution in [0.15, 0.2) is 10.6 Å². The van der Waals surface area contributed by atoms with Crippen molar-refractivity contribution in [2.75, 3.05) is 18.4 Å². The Hall–Kier alpha value is -2.30. The van der Waals surface area contributed by atoms with E-state index in [1.807, 2.05) is 13.8 Å². The van der Waals surface area contributed by atoms with E-state index in [1.54, 1.807) is 0 Å². The van der Waals surface area contributed by atoms with Crippen molar-refractivity contribution < 1.29 is 27.3 Å². The van der Waals surface area contributed by atoms with E-state index < -0.39 is 29.9 Å². The van der Waals surface area contributed by atoms with Gasteiger partial charge in [0, 0.05) is 19.2 Å². The average Bonchev–Trinajstić information content (AvgIpc) is 3.21. The first-order chi connectivity index (χ1) is 11.6. The van der Waals surface area contributed by atoms with Gasteiger partial charge in [-0.15, -0.1) is 0 Å². The van der Waals surface area contributed by atoms with Crippen molar-refractivity contribution in [3.63, 3.8) is 0 Å². The smallest absolute Gasteiger partial charge is 0.349 e. The molecule has 0 unspecified atom stereocenters. The lowest BCUT2D eigenvalue weighted by atomic mass is 9.99. The minimum absolute atomic E-state index is 0.0668. The second-order valence-electron chi connectivity index (χ2n) is 5.85. The highest BCUT2D eigenvalue weighted by Gasteiger charge is 2.38. The standard InChI is InChI=1S/C14H20F3N5O3/c1-3-8(2)11(18)12(23)21-5-4-6-22(21)13(24)19-10-7-9(25-20-10)14(15,16)17/h7-8,11H,3-6,18H2,1-2H3,(H,19,20,24)/t8-,11-/m0/s1. The minimum Gasteiger partial charge on any atom is -0.349 e. The number of alkyl halides is 3. The molecular weight excluding hydrogens is 343 g/mol. The van der Waals surface area contributed by atoms with Crippen LogP contribution in [-0.4, -0.2) is 46.2 Å². The molecule has 3 N–H and O–H groups in total. The van der Waals surface area contributed by atoms with Gasteiger partial charge in [-0.1, -0.05) is 25.4 Å². The fraction of sp³-hybridized carbons (Fsp3) is 0.643. The van der Waals surface area contributed by atoms with E-state index in [9.17, 15) is 22.8 Å². The van der Waals surface area contributed by atoms with Crippen LogP contribution in [0.4, 0.5) is 23.8 Å². The van der Waals surface area contributed by atoms with E-state index in [-0.39, 0.29) is 18.3 Å². The summed E-state index contributed by atoms with van der Waals surface area (Å²) in [6.45, 7) is 4.28. The summed E-state index contributed by atoms with van der Waals surface area (Å²) >= 11 is 0. The highest BCUT2D eigenvalue weighted by Crippen LogP contribution is 2.30. The van der Waals surface area contributed by atoms with Gasteiger partial charge < -0.3 is 10.3 Å². The van der Waals surface area contributed by atoms with Gasteiger partial charge in [0.15, 0.2) is 5.82 Å². The molecule has 2 atom stereocenters. The lowest BCUT2D eigenvalue weighted by molar-refractivity contribution is -0.155. The van der Waals surface area contributed by atoms with Crippen molar-refractivity contribution in [2.45, 2.75) is 38.9 Å². The number of aromatic nitrogens is 1. The second kappa shape index (κ2) is 7.30. The quantitative estimate of drug-likeness (QED) is 0.852. The summed E-state index contributed by atoms with van der Waals surface area (Å²) in [6.07, 6.45) is -3.46. The van der Waals surface area contributed by atoms with E-state index in [1.165, 1.54) is 5.01 Å². The Morgan fingerprint density at radius 1 is 1.40 bits per heavy atom. The normalized spacial score (nSPS) is 17.5. The predicted molar refractivity (Wildman–Crippen MR) is 81.0 cm³/mol. The molecule has 11 heteroatoms. The first-order valence-electron chi connectivity index (χ1n) is 7.84. The number of nitrogens with one attached hydrogen (secondary N) is 1. The molecular formula is C14H20F3N5O3. The van der Waals surface area contributed by atoms with Crippen LogP contribution in [0, 0.1) is 5.92 Å². The summed E-state index contributed by atoms with van der Waals surface area (Å²) in [6, 6.07) is -0.961. The average molecular weight is 363 g/mol. The van der Waals surface area contributed by atoms with E-state index in [0.29, 0.717) is 25.5 Å². The molecule has 1 saturated heterocycles. The van der Waals surface area contributed by atoms with Crippen molar-refractivity contribution >= 4 is 17.8 Å². The number of carbonyl (C=O) groups excluding carboxylic acids is 2. The molecule has 0 bridgehead atoms. The second-order valence-corrected chi connectivity index (χ2v) is 5.85. The molecule has 1 aliphatic rings. The molecule has 0 radical (unpaired) electrons. The number of amides is 3. The van der Waals surface area contributed by atoms with Crippen LogP contribution < -0.4 is 11.1 Å². The molecule has 0 aliphatic carbocycles. The van der Waals surface area contributed by atoms with Crippen molar-refractivity contribution in [1.82, 2.24) is 15.2 Å². The number of nitrogens with zero attached hydrogens (tertiary/aromatic N) is 3. The predicted octanol–water partition coefficient (Wildman–Crippen LogP) is 2.05. The molecule has 3 amide bonds. The van der Waals surface area contributed by atoms with E-state index in [4.69, 9.17) is 5.73 Å². The highest BCUT2D eigenvalue weighted by atomic mass is 19.4. The molecule has 2 heterocycles. The van der Waals surface area contributed by atoms with Gasteiger partial charge in [0.25, 0.3) is 5.91 Å². The lowest BCUT2D eigenvalue weighted by Gasteiger charge is -2.31. The van der Waals surface area contributed by atoms with Crippen LogP contribution in [0.2, 0.25) is 0 Å². The van der Waals surface area contributed by atoms with Crippen LogP contribution in [0.5, 0.6) is 0 Å². The van der Waals surface area contributed by atoms with Gasteiger partial charge in [0.2, 0.25) is 5.76 Å². The van der Waals surface area contributed by atoms with Crippen molar-refractivity contribution in [1.29, 1.82) is 0 Å². The Bertz CT molecular complexity index is 633. The summed E-state index contributed by atoms with van der Waals surface area (Å²) in [5.41, 5.74) is 5.92. The van der Waals surface area contributed by atoms with Crippen LogP contribution in [0.25, 0.3) is 0 Å². The Balaban J connectivity index is 2.05. The number of rotatable bonds is 4. The van der Waals surface area contributed by atoms with Gasteiger partial charge >= 0.3 is 12.2 Å². The topological polar surface area (TPSA) is 105 Å². The number of halogens is 3. The van der Waals surface area contributed by atoms with E-state index in [0.717, 1.165) is 5.01 Å². The van der Waals surface area contributed by atoms with E-state index in [2.05, 4.69) is 15.0 Å². The van der Waals surface area contributed by atoms with E-state index >= 15 is 0 Å². The maximum atomic E-state index is 12.5. The third-order valence-corrected chi connectivity index (χ3v) is 4.09. The van der Waals surface area contributed by atoms with Crippen LogP contribution in [0.3, 0.4) is 0 Å². The number of anilines is 1. The molecule has 8 nitrogen and oxygen atoms in total. The minimum atomic E-state index is -4.70. The number of carbonyl (C=O) groups is 2. The third-order valence-electron chi connectivity index (χ3n) is 4.09. The highest BCUT2D eigenvalue weighted by molar-refractivity contribution is 5.91. The zero-order valence-electron chi connectivity index (χ0n) is 13.8. The summed E-state index contributed by atoms with van der Waals surface area (Å²) in [7, 11) is 0. The molecule has 1 fully saturated rings. The Kier molecular flexibility index (Phi) is 5.55. The molecule has 2 rings (SSSR count). The number of hydrogen-bond acceptors (Lipinski definition) is 5. The SMILES string of the molecule is CC[C@H](C)[C@H](N)C(=O)N1CCCN1C(=O)Nc1cc(C(F)(F)F)on1. The maximum absolute atomic E-state index is 12.5. The monoisotopic (exact) mass is 363 g/mol. The molecule has 140 valence electrons. The van der Waals surface area contributed by atoms with Crippen molar-refractivity contribution in [3.05, 3.63) is 11.8 Å². The third kappa shape index (κ3) is 4.21. The van der Waals surface area contributed by atoms with Crippen molar-refractivity contribution in [2.24, 2.45) is 11.7 Å². The largest absolute Gasteiger partial charge is 0.452 e. The van der Waals surface area contributed by atoms with Crippen LogP contribution in [0.1, 0.15) is 32.4 Å². The summed E-state index contributed by atoms with van der Waals surface area (Å²) in [5.74, 6) is -2.18. The maximum Gasteiger partial charge on any atom is 0.452 e.